The third kappa shape index (κ3) is 4.27. The second-order valence-corrected chi connectivity index (χ2v) is 4.92. The van der Waals surface area contributed by atoms with Crippen molar-refractivity contribution in [3.05, 3.63) is 46.6 Å². The number of alkyl halides is 3. The molecule has 0 saturated carbocycles. The van der Waals surface area contributed by atoms with Gasteiger partial charge in [0.25, 0.3) is 0 Å². The zero-order chi connectivity index (χ0) is 17.0. The van der Waals surface area contributed by atoms with E-state index >= 15 is 0 Å². The number of hydrogen-bond donors (Lipinski definition) is 0. The molecular weight excluding hydrogens is 335 g/mol. The van der Waals surface area contributed by atoms with E-state index in [0.717, 1.165) is 11.6 Å². The molecule has 0 bridgehead atoms. The van der Waals surface area contributed by atoms with E-state index in [0.29, 0.717) is 24.3 Å². The quantitative estimate of drug-likeness (QED) is 0.786. The third-order valence-electron chi connectivity index (χ3n) is 2.91. The van der Waals surface area contributed by atoms with Crippen LogP contribution in [-0.4, -0.2) is 19.2 Å². The molecule has 0 atom stereocenters. The lowest BCUT2D eigenvalue weighted by Crippen LogP contribution is -2.05. The van der Waals surface area contributed by atoms with Gasteiger partial charge in [0, 0.05) is 24.9 Å². The largest absolute Gasteiger partial charge is 0.496 e. The number of pyridine rings is 1. The van der Waals surface area contributed by atoms with Crippen LogP contribution in [0, 0.1) is 0 Å². The Bertz CT molecular complexity index is 692. The number of ether oxygens (including phenoxy) is 3. The second-order valence-electron chi connectivity index (χ2n) is 4.52. The molecule has 1 aromatic carbocycles. The summed E-state index contributed by atoms with van der Waals surface area (Å²) in [5.41, 5.74) is -0.142. The highest BCUT2D eigenvalue weighted by atomic mass is 35.5. The van der Waals surface area contributed by atoms with E-state index in [1.165, 1.54) is 7.11 Å². The molecule has 2 aromatic rings. The Morgan fingerprint density at radius 3 is 2.48 bits per heavy atom. The van der Waals surface area contributed by atoms with Crippen LogP contribution in [0.2, 0.25) is 5.02 Å². The summed E-state index contributed by atoms with van der Waals surface area (Å²) in [7, 11) is 3.04. The average Bonchev–Trinajstić information content (AvgIpc) is 2.50. The molecule has 0 aliphatic rings. The van der Waals surface area contributed by atoms with Crippen molar-refractivity contribution in [2.24, 2.45) is 0 Å². The van der Waals surface area contributed by atoms with Gasteiger partial charge >= 0.3 is 6.18 Å². The molecular formula is C15H13ClF3NO3. The lowest BCUT2D eigenvalue weighted by atomic mass is 10.2. The zero-order valence-electron chi connectivity index (χ0n) is 12.3. The van der Waals surface area contributed by atoms with Crippen molar-refractivity contribution in [3.63, 3.8) is 0 Å². The fraction of sp³-hybridized carbons (Fsp3) is 0.267. The van der Waals surface area contributed by atoms with E-state index < -0.39 is 11.7 Å². The van der Waals surface area contributed by atoms with Gasteiger partial charge in [-0.25, -0.2) is 4.98 Å². The molecule has 0 N–H and O–H groups in total. The van der Waals surface area contributed by atoms with Crippen molar-refractivity contribution in [2.75, 3.05) is 14.2 Å². The van der Waals surface area contributed by atoms with Gasteiger partial charge in [0.2, 0.25) is 5.88 Å². The molecule has 0 amide bonds. The van der Waals surface area contributed by atoms with Crippen molar-refractivity contribution in [3.8, 4) is 17.4 Å². The van der Waals surface area contributed by atoms with Gasteiger partial charge in [-0.1, -0.05) is 11.6 Å². The highest BCUT2D eigenvalue weighted by Crippen LogP contribution is 2.35. The monoisotopic (exact) mass is 347 g/mol. The maximum absolute atomic E-state index is 12.6. The van der Waals surface area contributed by atoms with Crippen LogP contribution < -0.4 is 9.47 Å². The first kappa shape index (κ1) is 17.4. The summed E-state index contributed by atoms with van der Waals surface area (Å²) in [5.74, 6) is 0.726. The number of hydrogen-bond acceptors (Lipinski definition) is 4. The van der Waals surface area contributed by atoms with Gasteiger partial charge in [-0.15, -0.1) is 0 Å². The Labute approximate surface area is 135 Å². The van der Waals surface area contributed by atoms with Crippen LogP contribution in [0.3, 0.4) is 0 Å². The lowest BCUT2D eigenvalue weighted by Gasteiger charge is -2.12. The summed E-state index contributed by atoms with van der Waals surface area (Å²) in [5, 5.41) is -0.236. The van der Waals surface area contributed by atoms with E-state index in [1.807, 2.05) is 0 Å². The van der Waals surface area contributed by atoms with Crippen molar-refractivity contribution >= 4 is 11.6 Å². The summed E-state index contributed by atoms with van der Waals surface area (Å²) in [6, 6.07) is 5.67. The van der Waals surface area contributed by atoms with Crippen molar-refractivity contribution in [1.82, 2.24) is 4.98 Å². The summed E-state index contributed by atoms with van der Waals surface area (Å²) in [6.45, 7) is 0.350. The SMILES string of the molecule is COCc1ccc(Oc2ncc(C(F)(F)F)cc2Cl)cc1OC. The molecule has 0 spiro atoms. The van der Waals surface area contributed by atoms with Gasteiger partial charge in [0.1, 0.15) is 16.5 Å². The van der Waals surface area contributed by atoms with Crippen LogP contribution in [0.25, 0.3) is 0 Å². The fourth-order valence-corrected chi connectivity index (χ4v) is 2.04. The molecule has 0 aliphatic carbocycles. The van der Waals surface area contributed by atoms with Gasteiger partial charge in [0.05, 0.1) is 19.3 Å². The summed E-state index contributed by atoms with van der Waals surface area (Å²) >= 11 is 5.80. The van der Waals surface area contributed by atoms with Gasteiger partial charge in [-0.3, -0.25) is 0 Å². The minimum atomic E-state index is -4.51. The van der Waals surface area contributed by atoms with Crippen LogP contribution in [0.5, 0.6) is 17.4 Å². The molecule has 4 nitrogen and oxygen atoms in total. The topological polar surface area (TPSA) is 40.6 Å². The Hall–Kier alpha value is -1.99. The van der Waals surface area contributed by atoms with Gasteiger partial charge < -0.3 is 14.2 Å². The molecule has 1 heterocycles. The average molecular weight is 348 g/mol. The molecule has 0 aliphatic heterocycles. The van der Waals surface area contributed by atoms with Crippen LogP contribution in [0.4, 0.5) is 13.2 Å². The molecule has 0 unspecified atom stereocenters. The summed E-state index contributed by atoms with van der Waals surface area (Å²) < 4.78 is 53.4. The first-order valence-electron chi connectivity index (χ1n) is 6.41. The summed E-state index contributed by atoms with van der Waals surface area (Å²) in [6.07, 6.45) is -3.85. The number of halogens is 4. The maximum Gasteiger partial charge on any atom is 0.417 e. The van der Waals surface area contributed by atoms with Crippen molar-refractivity contribution < 1.29 is 27.4 Å². The maximum atomic E-state index is 12.6. The Morgan fingerprint density at radius 2 is 1.91 bits per heavy atom. The fourth-order valence-electron chi connectivity index (χ4n) is 1.83. The zero-order valence-corrected chi connectivity index (χ0v) is 13.0. The number of benzene rings is 1. The molecule has 8 heteroatoms. The molecule has 0 fully saturated rings. The third-order valence-corrected chi connectivity index (χ3v) is 3.18. The normalized spacial score (nSPS) is 11.4. The predicted octanol–water partition coefficient (Wildman–Crippen LogP) is 4.70. The number of nitrogens with zero attached hydrogens (tertiary/aromatic N) is 1. The Kier molecular flexibility index (Phi) is 5.33. The van der Waals surface area contributed by atoms with Gasteiger partial charge in [-0.2, -0.15) is 13.2 Å². The molecule has 124 valence electrons. The first-order chi connectivity index (χ1) is 10.8. The van der Waals surface area contributed by atoms with E-state index in [1.54, 1.807) is 25.3 Å². The number of rotatable bonds is 5. The van der Waals surface area contributed by atoms with E-state index in [4.69, 9.17) is 25.8 Å². The predicted molar refractivity (Wildman–Crippen MR) is 78.0 cm³/mol. The van der Waals surface area contributed by atoms with Crippen molar-refractivity contribution in [2.45, 2.75) is 12.8 Å². The number of aromatic nitrogens is 1. The Balaban J connectivity index is 2.25. The lowest BCUT2D eigenvalue weighted by molar-refractivity contribution is -0.137. The van der Waals surface area contributed by atoms with Crippen molar-refractivity contribution in [1.29, 1.82) is 0 Å². The van der Waals surface area contributed by atoms with Crippen LogP contribution >= 0.6 is 11.6 Å². The smallest absolute Gasteiger partial charge is 0.417 e. The highest BCUT2D eigenvalue weighted by molar-refractivity contribution is 6.31. The Morgan fingerprint density at radius 1 is 1.17 bits per heavy atom. The van der Waals surface area contributed by atoms with Gasteiger partial charge in [-0.05, 0) is 18.2 Å². The second kappa shape index (κ2) is 7.06. The molecule has 0 radical (unpaired) electrons. The number of methoxy groups -OCH3 is 2. The molecule has 0 saturated heterocycles. The molecule has 2 rings (SSSR count). The molecule has 1 aromatic heterocycles. The summed E-state index contributed by atoms with van der Waals surface area (Å²) in [4.78, 5) is 3.61. The van der Waals surface area contributed by atoms with Gasteiger partial charge in [0.15, 0.2) is 0 Å². The minimum absolute atomic E-state index is 0.124. The first-order valence-corrected chi connectivity index (χ1v) is 6.79. The van der Waals surface area contributed by atoms with Crippen LogP contribution in [0.15, 0.2) is 30.5 Å². The standard InChI is InChI=1S/C15H13ClF3NO3/c1-21-8-9-3-4-11(6-13(9)22-2)23-14-12(16)5-10(7-20-14)15(17,18)19/h3-7H,8H2,1-2H3. The minimum Gasteiger partial charge on any atom is -0.496 e. The van der Waals surface area contributed by atoms with E-state index in [2.05, 4.69) is 4.98 Å². The van der Waals surface area contributed by atoms with E-state index in [-0.39, 0.29) is 10.9 Å². The molecule has 23 heavy (non-hydrogen) atoms. The van der Waals surface area contributed by atoms with Crippen LogP contribution in [0.1, 0.15) is 11.1 Å². The highest BCUT2D eigenvalue weighted by Gasteiger charge is 2.31. The van der Waals surface area contributed by atoms with E-state index in [9.17, 15) is 13.2 Å². The van der Waals surface area contributed by atoms with Crippen LogP contribution in [-0.2, 0) is 17.5 Å².